The maximum atomic E-state index is 14.6. The SMILES string of the molecule is O=C(c1ccc([N+](=O)[O-])cc1)[C@@H]1[C@@H](c2ccc(Br)cc2)C2(C(=O)c3ccccc3C2=O)[C@@H]2C=Cc3ccccc3N12. The fraction of sp³-hybridized carbons (Fsp3) is 0.121. The average Bonchev–Trinajstić information content (AvgIpc) is 3.43. The quantitative estimate of drug-likeness (QED) is 0.112. The summed E-state index contributed by atoms with van der Waals surface area (Å²) in [4.78, 5) is 56.5. The van der Waals surface area contributed by atoms with Crippen molar-refractivity contribution in [1.29, 1.82) is 0 Å². The zero-order chi connectivity index (χ0) is 28.5. The van der Waals surface area contributed by atoms with Crippen molar-refractivity contribution in [2.24, 2.45) is 5.41 Å². The fourth-order valence-electron chi connectivity index (χ4n) is 6.88. The van der Waals surface area contributed by atoms with Crippen LogP contribution in [-0.2, 0) is 0 Å². The van der Waals surface area contributed by atoms with Crippen molar-refractivity contribution in [2.75, 3.05) is 4.90 Å². The number of halogens is 1. The van der Waals surface area contributed by atoms with Crippen molar-refractivity contribution in [3.8, 4) is 0 Å². The number of anilines is 1. The number of Topliss-reactive ketones (excluding diaryl/α,β-unsaturated/α-hetero) is 3. The molecule has 2 heterocycles. The molecule has 3 aliphatic rings. The molecule has 7 nitrogen and oxygen atoms in total. The highest BCUT2D eigenvalue weighted by Crippen LogP contribution is 2.61. The van der Waals surface area contributed by atoms with E-state index < -0.39 is 28.3 Å². The van der Waals surface area contributed by atoms with Crippen molar-refractivity contribution in [2.45, 2.75) is 18.0 Å². The van der Waals surface area contributed by atoms with Crippen molar-refractivity contribution in [3.05, 3.63) is 146 Å². The first-order valence-electron chi connectivity index (χ1n) is 13.1. The van der Waals surface area contributed by atoms with Gasteiger partial charge in [-0.05, 0) is 41.5 Å². The molecule has 4 aromatic rings. The Hall–Kier alpha value is -4.69. The summed E-state index contributed by atoms with van der Waals surface area (Å²) in [6.45, 7) is 0. The van der Waals surface area contributed by atoms with Crippen LogP contribution in [0, 0.1) is 15.5 Å². The molecular weight excluding hydrogens is 584 g/mol. The van der Waals surface area contributed by atoms with Gasteiger partial charge in [0.2, 0.25) is 0 Å². The lowest BCUT2D eigenvalue weighted by Crippen LogP contribution is -2.48. The standard InChI is InChI=1S/C33H21BrN2O5/c34-22-14-9-20(10-15-22)28-29(30(37)21-11-16-23(17-12-21)36(40)41)35-26-8-4-1-5-19(26)13-18-27(35)33(28)31(38)24-6-2-3-7-25(24)32(33)39/h1-18,27-29H/t27-,28+,29-/m0/s1. The Bertz CT molecular complexity index is 1780. The normalized spacial score (nSPS) is 21.5. The van der Waals surface area contributed by atoms with E-state index in [0.29, 0.717) is 16.7 Å². The Morgan fingerprint density at radius 2 is 1.44 bits per heavy atom. The van der Waals surface area contributed by atoms with Crippen LogP contribution in [0.1, 0.15) is 48.1 Å². The van der Waals surface area contributed by atoms with E-state index >= 15 is 0 Å². The molecule has 8 heteroatoms. The molecule has 0 amide bonds. The first-order chi connectivity index (χ1) is 19.8. The Kier molecular flexibility index (Phi) is 5.66. The van der Waals surface area contributed by atoms with E-state index in [9.17, 15) is 24.5 Å². The van der Waals surface area contributed by atoms with Crippen molar-refractivity contribution < 1.29 is 19.3 Å². The smallest absolute Gasteiger partial charge is 0.269 e. The van der Waals surface area contributed by atoms with Gasteiger partial charge in [0.15, 0.2) is 17.3 Å². The van der Waals surface area contributed by atoms with Gasteiger partial charge in [0.25, 0.3) is 5.69 Å². The van der Waals surface area contributed by atoms with Crippen molar-refractivity contribution in [3.63, 3.8) is 0 Å². The Labute approximate surface area is 243 Å². The van der Waals surface area contributed by atoms with E-state index in [1.54, 1.807) is 24.3 Å². The van der Waals surface area contributed by atoms with Gasteiger partial charge in [0.1, 0.15) is 11.5 Å². The first kappa shape index (κ1) is 25.3. The highest BCUT2D eigenvalue weighted by molar-refractivity contribution is 9.10. The highest BCUT2D eigenvalue weighted by Gasteiger charge is 2.71. The topological polar surface area (TPSA) is 97.6 Å². The van der Waals surface area contributed by atoms with Gasteiger partial charge in [-0.2, -0.15) is 0 Å². The van der Waals surface area contributed by atoms with Crippen LogP contribution in [0.5, 0.6) is 0 Å². The van der Waals surface area contributed by atoms with Crippen LogP contribution >= 0.6 is 15.9 Å². The minimum absolute atomic E-state index is 0.130. The molecule has 0 saturated carbocycles. The number of carbonyl (C=O) groups is 3. The Balaban J connectivity index is 1.52. The number of nitro benzene ring substituents is 1. The van der Waals surface area contributed by atoms with Crippen LogP contribution in [-0.4, -0.2) is 34.4 Å². The zero-order valence-corrected chi connectivity index (χ0v) is 23.0. The molecule has 3 atom stereocenters. The lowest BCUT2D eigenvalue weighted by molar-refractivity contribution is -0.384. The van der Waals surface area contributed by atoms with E-state index in [1.165, 1.54) is 24.3 Å². The Morgan fingerprint density at radius 1 is 0.829 bits per heavy atom. The number of nitro groups is 1. The highest BCUT2D eigenvalue weighted by atomic mass is 79.9. The largest absolute Gasteiger partial charge is 0.352 e. The zero-order valence-electron chi connectivity index (χ0n) is 21.4. The molecule has 4 aromatic carbocycles. The van der Waals surface area contributed by atoms with Gasteiger partial charge < -0.3 is 4.90 Å². The lowest BCUT2D eigenvalue weighted by Gasteiger charge is -2.37. The minimum Gasteiger partial charge on any atom is -0.352 e. The van der Waals surface area contributed by atoms with Gasteiger partial charge in [0.05, 0.1) is 11.0 Å². The lowest BCUT2D eigenvalue weighted by atomic mass is 9.64. The number of non-ortho nitro benzene ring substituents is 1. The van der Waals surface area contributed by atoms with E-state index in [0.717, 1.165) is 15.7 Å². The van der Waals surface area contributed by atoms with Gasteiger partial charge in [-0.15, -0.1) is 0 Å². The number of fused-ring (bicyclic) bond motifs is 5. The summed E-state index contributed by atoms with van der Waals surface area (Å²) < 4.78 is 0.821. The predicted molar refractivity (Wildman–Crippen MR) is 157 cm³/mol. The summed E-state index contributed by atoms with van der Waals surface area (Å²) in [6.07, 6.45) is 3.79. The number of rotatable bonds is 4. The van der Waals surface area contributed by atoms with Crippen LogP contribution in [0.4, 0.5) is 11.4 Å². The minimum atomic E-state index is -1.59. The molecule has 1 aliphatic carbocycles. The van der Waals surface area contributed by atoms with E-state index in [4.69, 9.17) is 0 Å². The Morgan fingerprint density at radius 3 is 2.07 bits per heavy atom. The van der Waals surface area contributed by atoms with Crippen LogP contribution in [0.15, 0.2) is 108 Å². The van der Waals surface area contributed by atoms with Crippen LogP contribution in [0.2, 0.25) is 0 Å². The molecule has 2 aliphatic heterocycles. The number of hydrogen-bond donors (Lipinski definition) is 0. The number of para-hydroxylation sites is 1. The summed E-state index contributed by atoms with van der Waals surface area (Å²) >= 11 is 3.48. The van der Waals surface area contributed by atoms with Crippen LogP contribution in [0.25, 0.3) is 6.08 Å². The summed E-state index contributed by atoms with van der Waals surface area (Å²) in [7, 11) is 0. The number of nitrogens with zero attached hydrogens (tertiary/aromatic N) is 2. The number of ketones is 3. The third-order valence-electron chi connectivity index (χ3n) is 8.57. The number of benzene rings is 4. The maximum Gasteiger partial charge on any atom is 0.269 e. The van der Waals surface area contributed by atoms with E-state index in [1.807, 2.05) is 65.6 Å². The maximum absolute atomic E-state index is 14.6. The predicted octanol–water partition coefficient (Wildman–Crippen LogP) is 6.67. The van der Waals surface area contributed by atoms with Gasteiger partial charge in [-0.3, -0.25) is 24.5 Å². The summed E-state index contributed by atoms with van der Waals surface area (Å²) in [5.74, 6) is -1.77. The second kappa shape index (κ2) is 9.17. The molecule has 7 rings (SSSR count). The summed E-state index contributed by atoms with van der Waals surface area (Å²) in [5.41, 5.74) is 1.55. The molecule has 0 N–H and O–H groups in total. The van der Waals surface area contributed by atoms with Crippen LogP contribution < -0.4 is 4.90 Å². The monoisotopic (exact) mass is 604 g/mol. The fourth-order valence-corrected chi connectivity index (χ4v) is 7.14. The summed E-state index contributed by atoms with van der Waals surface area (Å²) in [6, 6.07) is 25.6. The van der Waals surface area contributed by atoms with Gasteiger partial charge in [-0.1, -0.05) is 82.7 Å². The third-order valence-corrected chi connectivity index (χ3v) is 9.10. The summed E-state index contributed by atoms with van der Waals surface area (Å²) in [5, 5.41) is 11.3. The molecule has 0 unspecified atom stereocenters. The number of carbonyl (C=O) groups excluding carboxylic acids is 3. The van der Waals surface area contributed by atoms with Crippen molar-refractivity contribution >= 4 is 50.7 Å². The molecule has 1 saturated heterocycles. The number of hydrogen-bond acceptors (Lipinski definition) is 6. The molecule has 0 radical (unpaired) electrons. The molecule has 0 bridgehead atoms. The molecule has 41 heavy (non-hydrogen) atoms. The third kappa shape index (κ3) is 3.47. The van der Waals surface area contributed by atoms with Gasteiger partial charge in [0, 0.05) is 44.9 Å². The van der Waals surface area contributed by atoms with Crippen molar-refractivity contribution in [1.82, 2.24) is 0 Å². The molecule has 200 valence electrons. The average molecular weight is 605 g/mol. The second-order valence-electron chi connectivity index (χ2n) is 10.5. The van der Waals surface area contributed by atoms with Gasteiger partial charge >= 0.3 is 0 Å². The van der Waals surface area contributed by atoms with E-state index in [2.05, 4.69) is 15.9 Å². The van der Waals surface area contributed by atoms with E-state index in [-0.39, 0.29) is 28.6 Å². The molecular formula is C33H21BrN2O5. The molecule has 1 spiro atoms. The second-order valence-corrected chi connectivity index (χ2v) is 11.4. The molecule has 1 fully saturated rings. The van der Waals surface area contributed by atoms with Gasteiger partial charge in [-0.25, -0.2) is 0 Å². The van der Waals surface area contributed by atoms with Crippen LogP contribution in [0.3, 0.4) is 0 Å². The molecule has 0 aromatic heterocycles. The first-order valence-corrected chi connectivity index (χ1v) is 13.9.